The number of carbonyl (C=O) groups excluding carboxylic acids is 1. The minimum Gasteiger partial charge on any atom is -0.422 e. The summed E-state index contributed by atoms with van der Waals surface area (Å²) in [6, 6.07) is 11.2. The van der Waals surface area contributed by atoms with Crippen molar-refractivity contribution in [2.24, 2.45) is 0 Å². The first-order valence-corrected chi connectivity index (χ1v) is 12.5. The molecule has 1 fully saturated rings. The molecule has 10 heteroatoms. The van der Waals surface area contributed by atoms with E-state index < -0.39 is 11.7 Å². The second kappa shape index (κ2) is 10.9. The maximum atomic E-state index is 12.9. The Balaban J connectivity index is 1.53. The van der Waals surface area contributed by atoms with Gasteiger partial charge in [-0.05, 0) is 43.3 Å². The fourth-order valence-electron chi connectivity index (χ4n) is 3.80. The van der Waals surface area contributed by atoms with Gasteiger partial charge in [0, 0.05) is 81.5 Å². The molecule has 0 bridgehead atoms. The van der Waals surface area contributed by atoms with Gasteiger partial charge in [-0.3, -0.25) is 0 Å². The van der Waals surface area contributed by atoms with E-state index in [4.69, 9.17) is 20.8 Å². The van der Waals surface area contributed by atoms with Gasteiger partial charge in [0.25, 0.3) is 0 Å². The first kappa shape index (κ1) is 25.4. The van der Waals surface area contributed by atoms with Crippen molar-refractivity contribution in [2.75, 3.05) is 52.0 Å². The molecule has 186 valence electrons. The quantitative estimate of drug-likeness (QED) is 0.375. The van der Waals surface area contributed by atoms with Crippen molar-refractivity contribution in [3.8, 4) is 5.75 Å². The number of hydrogen-bond donors (Lipinski definition) is 1. The highest BCUT2D eigenvalue weighted by molar-refractivity contribution is 7.98. The number of anilines is 1. The lowest BCUT2D eigenvalue weighted by atomic mass is 9.99. The maximum absolute atomic E-state index is 12.9. The summed E-state index contributed by atoms with van der Waals surface area (Å²) in [4.78, 5) is 28.4. The summed E-state index contributed by atoms with van der Waals surface area (Å²) in [7, 11) is 5.28. The van der Waals surface area contributed by atoms with Crippen molar-refractivity contribution in [2.45, 2.75) is 13.3 Å². The van der Waals surface area contributed by atoms with Gasteiger partial charge in [-0.15, -0.1) is 0 Å². The number of fused-ring (bicyclic) bond motifs is 1. The smallest absolute Gasteiger partial charge is 0.414 e. The molecule has 1 aliphatic heterocycles. The van der Waals surface area contributed by atoms with E-state index >= 15 is 0 Å². The zero-order chi connectivity index (χ0) is 25.1. The van der Waals surface area contributed by atoms with Crippen LogP contribution in [0.2, 0.25) is 5.02 Å². The molecule has 0 spiro atoms. The number of rotatable bonds is 6. The number of nitrogens with zero attached hydrogens (tertiary/aromatic N) is 3. The van der Waals surface area contributed by atoms with Crippen LogP contribution in [0.5, 0.6) is 5.75 Å². The predicted molar refractivity (Wildman–Crippen MR) is 141 cm³/mol. The van der Waals surface area contributed by atoms with Crippen LogP contribution in [-0.2, 0) is 6.42 Å². The fourth-order valence-corrected chi connectivity index (χ4v) is 4.71. The van der Waals surface area contributed by atoms with E-state index in [2.05, 4.69) is 21.0 Å². The number of aryl methyl sites for hydroxylation is 1. The van der Waals surface area contributed by atoms with Crippen LogP contribution in [0.3, 0.4) is 0 Å². The number of hydrogen-bond acceptors (Lipinski definition) is 8. The molecule has 2 heterocycles. The molecule has 1 N–H and O–H groups in total. The van der Waals surface area contributed by atoms with Crippen LogP contribution in [0, 0.1) is 6.92 Å². The van der Waals surface area contributed by atoms with Crippen LogP contribution in [-0.4, -0.2) is 67.5 Å². The summed E-state index contributed by atoms with van der Waals surface area (Å²) in [6.07, 6.45) is -0.144. The lowest BCUT2D eigenvalue weighted by Crippen LogP contribution is -2.41. The topological polar surface area (TPSA) is 78.3 Å². The molecule has 3 aromatic rings. The monoisotopic (exact) mass is 516 g/mol. The van der Waals surface area contributed by atoms with Crippen molar-refractivity contribution < 1.29 is 13.9 Å². The third-order valence-corrected chi connectivity index (χ3v) is 7.21. The van der Waals surface area contributed by atoms with Crippen molar-refractivity contribution in [1.82, 2.24) is 14.1 Å². The van der Waals surface area contributed by atoms with E-state index in [0.29, 0.717) is 23.0 Å². The standard InChI is InChI=1S/C25H29ClN4O4S/c1-16-19-14-21(26)23(34-25(32)28(2)3)15-22(19)33-24(31)20(16)13-17-6-5-7-18(12-17)27-35-30-10-8-29(4)9-11-30/h5-7,12,14-15,27H,8-11,13H2,1-4H3. The third-order valence-electron chi connectivity index (χ3n) is 5.96. The Bertz CT molecular complexity index is 1290. The van der Waals surface area contributed by atoms with Crippen LogP contribution >= 0.6 is 23.7 Å². The Morgan fingerprint density at radius 3 is 2.66 bits per heavy atom. The molecular weight excluding hydrogens is 488 g/mol. The summed E-state index contributed by atoms with van der Waals surface area (Å²) in [6.45, 7) is 5.99. The highest BCUT2D eigenvalue weighted by atomic mass is 35.5. The predicted octanol–water partition coefficient (Wildman–Crippen LogP) is 4.63. The van der Waals surface area contributed by atoms with E-state index in [1.54, 1.807) is 32.3 Å². The minimum absolute atomic E-state index is 0.143. The summed E-state index contributed by atoms with van der Waals surface area (Å²) in [5.41, 5.74) is 3.22. The highest BCUT2D eigenvalue weighted by Gasteiger charge is 2.18. The average molecular weight is 517 g/mol. The van der Waals surface area contributed by atoms with Crippen LogP contribution in [0.4, 0.5) is 10.5 Å². The van der Waals surface area contributed by atoms with Gasteiger partial charge in [-0.1, -0.05) is 23.7 Å². The van der Waals surface area contributed by atoms with Crippen LogP contribution in [0.1, 0.15) is 16.7 Å². The van der Waals surface area contributed by atoms with Crippen molar-refractivity contribution >= 4 is 46.5 Å². The van der Waals surface area contributed by atoms with Gasteiger partial charge in [0.05, 0.1) is 5.02 Å². The number of piperazine rings is 1. The number of carbonyl (C=O) groups is 1. The maximum Gasteiger partial charge on any atom is 0.414 e. The minimum atomic E-state index is -0.568. The van der Waals surface area contributed by atoms with Crippen LogP contribution in [0.15, 0.2) is 45.6 Å². The SMILES string of the molecule is Cc1c(Cc2cccc(NSN3CCN(C)CC3)c2)c(=O)oc2cc(OC(=O)N(C)C)c(Cl)cc12. The molecule has 0 saturated carbocycles. The normalized spacial score (nSPS) is 14.8. The Kier molecular flexibility index (Phi) is 7.91. The number of amides is 1. The lowest BCUT2D eigenvalue weighted by molar-refractivity contribution is 0.172. The largest absolute Gasteiger partial charge is 0.422 e. The van der Waals surface area contributed by atoms with Crippen LogP contribution in [0.25, 0.3) is 11.0 Å². The van der Waals surface area contributed by atoms with Crippen molar-refractivity contribution in [3.63, 3.8) is 0 Å². The van der Waals surface area contributed by atoms with Crippen molar-refractivity contribution in [1.29, 1.82) is 0 Å². The third kappa shape index (κ3) is 6.10. The van der Waals surface area contributed by atoms with Gasteiger partial charge in [0.15, 0.2) is 5.75 Å². The first-order chi connectivity index (χ1) is 16.7. The molecular formula is C25H29ClN4O4S. The van der Waals surface area contributed by atoms with Crippen LogP contribution < -0.4 is 15.1 Å². The van der Waals surface area contributed by atoms with Gasteiger partial charge in [-0.25, -0.2) is 13.9 Å². The number of halogens is 1. The zero-order valence-corrected chi connectivity index (χ0v) is 21.8. The molecule has 0 unspecified atom stereocenters. The van der Waals surface area contributed by atoms with Gasteiger partial charge in [0.1, 0.15) is 5.58 Å². The number of ether oxygens (including phenoxy) is 1. The second-order valence-electron chi connectivity index (χ2n) is 8.84. The Labute approximate surface area is 214 Å². The lowest BCUT2D eigenvalue weighted by Gasteiger charge is -2.31. The van der Waals surface area contributed by atoms with E-state index in [0.717, 1.165) is 43.0 Å². The van der Waals surface area contributed by atoms with Gasteiger partial charge in [-0.2, -0.15) is 0 Å². The average Bonchev–Trinajstić information content (AvgIpc) is 2.83. The molecule has 35 heavy (non-hydrogen) atoms. The molecule has 2 aromatic carbocycles. The first-order valence-electron chi connectivity index (χ1n) is 11.3. The number of benzene rings is 2. The molecule has 0 radical (unpaired) electrons. The number of nitrogens with one attached hydrogen (secondary N) is 1. The summed E-state index contributed by atoms with van der Waals surface area (Å²) in [5, 5.41) is 0.969. The molecule has 1 amide bonds. The zero-order valence-electron chi connectivity index (χ0n) is 20.3. The van der Waals surface area contributed by atoms with Crippen molar-refractivity contribution in [3.05, 3.63) is 68.5 Å². The molecule has 4 rings (SSSR count). The molecule has 8 nitrogen and oxygen atoms in total. The second-order valence-corrected chi connectivity index (χ2v) is 10.1. The molecule has 1 aromatic heterocycles. The van der Waals surface area contributed by atoms with Gasteiger partial charge in [0.2, 0.25) is 0 Å². The number of likely N-dealkylation sites (N-methyl/N-ethyl adjacent to an activating group) is 1. The molecule has 1 aliphatic rings. The highest BCUT2D eigenvalue weighted by Crippen LogP contribution is 2.33. The molecule has 0 atom stereocenters. The Hall–Kier alpha value is -2.72. The summed E-state index contributed by atoms with van der Waals surface area (Å²) >= 11 is 7.98. The Morgan fingerprint density at radius 1 is 1.20 bits per heavy atom. The molecule has 1 saturated heterocycles. The molecule has 0 aliphatic carbocycles. The van der Waals surface area contributed by atoms with E-state index in [-0.39, 0.29) is 10.8 Å². The Morgan fingerprint density at radius 2 is 1.94 bits per heavy atom. The van der Waals surface area contributed by atoms with Gasteiger partial charge >= 0.3 is 11.7 Å². The van der Waals surface area contributed by atoms with Gasteiger partial charge < -0.3 is 23.7 Å². The van der Waals surface area contributed by atoms with E-state index in [1.807, 2.05) is 31.2 Å². The summed E-state index contributed by atoms with van der Waals surface area (Å²) < 4.78 is 16.6. The summed E-state index contributed by atoms with van der Waals surface area (Å²) in [5.74, 6) is 0.143. The fraction of sp³-hybridized carbons (Fsp3) is 0.360. The van der Waals surface area contributed by atoms with E-state index in [1.165, 1.54) is 11.0 Å². The van der Waals surface area contributed by atoms with E-state index in [9.17, 15) is 9.59 Å².